The Morgan fingerprint density at radius 1 is 0.637 bits per heavy atom. The number of hydrogen-bond acceptors (Lipinski definition) is 11. The molecule has 2 aliphatic carbocycles. The molecule has 0 bridgehead atoms. The number of aryl methyl sites for hydroxylation is 1. The Morgan fingerprint density at radius 2 is 1.24 bits per heavy atom. The van der Waals surface area contributed by atoms with E-state index in [4.69, 9.17) is 0 Å². The number of rotatable bonds is 10. The maximum atomic E-state index is 15.1. The van der Waals surface area contributed by atoms with Crippen LogP contribution in [0.2, 0.25) is 0 Å². The van der Waals surface area contributed by atoms with Crippen LogP contribution in [0.4, 0.5) is 17.6 Å². The van der Waals surface area contributed by atoms with E-state index in [2.05, 4.69) is 16.0 Å². The maximum absolute atomic E-state index is 15.1. The fourth-order valence-corrected chi connectivity index (χ4v) is 13.2. The molecule has 0 radical (unpaired) electrons. The molecule has 1 aromatic carbocycles. The van der Waals surface area contributed by atoms with Crippen LogP contribution < -0.4 is 16.0 Å². The van der Waals surface area contributed by atoms with Gasteiger partial charge in [0.05, 0.1) is 25.2 Å². The molecule has 3 N–H and O–H groups in total. The van der Waals surface area contributed by atoms with Gasteiger partial charge in [0.1, 0.15) is 47.6 Å². The molecule has 22 nitrogen and oxygen atoms in total. The van der Waals surface area contributed by atoms with Gasteiger partial charge in [-0.15, -0.1) is 0 Å². The number of fused-ring (bicyclic) bond motifs is 1. The van der Waals surface area contributed by atoms with Crippen molar-refractivity contribution in [2.24, 2.45) is 23.7 Å². The summed E-state index contributed by atoms with van der Waals surface area (Å²) in [7, 11) is 10.0. The molecule has 510 valence electrons. The van der Waals surface area contributed by atoms with Crippen LogP contribution in [0, 0.1) is 29.5 Å². The molecule has 1 spiro atoms. The zero-order valence-corrected chi connectivity index (χ0v) is 56.0. The van der Waals surface area contributed by atoms with Crippen molar-refractivity contribution < 1.29 is 70.3 Å². The summed E-state index contributed by atoms with van der Waals surface area (Å²) in [5, 5.41) is 8.57. The Morgan fingerprint density at radius 3 is 1.82 bits per heavy atom. The number of nitrogens with zero attached hydrogens (tertiary/aromatic N) is 8. The lowest BCUT2D eigenvalue weighted by Gasteiger charge is -2.41. The minimum atomic E-state index is -4.99. The Bertz CT molecular complexity index is 2790. The summed E-state index contributed by atoms with van der Waals surface area (Å²) in [6.45, 7) is 10.9. The van der Waals surface area contributed by atoms with Gasteiger partial charge in [0, 0.05) is 68.3 Å². The van der Waals surface area contributed by atoms with Crippen molar-refractivity contribution in [1.29, 1.82) is 0 Å². The van der Waals surface area contributed by atoms with Crippen molar-refractivity contribution in [2.75, 3.05) is 75.5 Å². The number of alkyl halides is 3. The molecule has 2 heterocycles. The summed E-state index contributed by atoms with van der Waals surface area (Å²) in [5.74, 6) is -9.51. The van der Waals surface area contributed by atoms with Gasteiger partial charge in [-0.3, -0.25) is 52.7 Å². The lowest BCUT2D eigenvalue weighted by atomic mass is 9.84. The number of benzene rings is 1. The summed E-state index contributed by atoms with van der Waals surface area (Å²) in [4.78, 5) is 170. The Labute approximate surface area is 534 Å². The highest BCUT2D eigenvalue weighted by Gasteiger charge is 2.50. The topological polar surface area (TPSA) is 250 Å². The molecule has 0 aromatic heterocycles. The maximum Gasteiger partial charge on any atom is 0.419 e. The van der Waals surface area contributed by atoms with E-state index in [0.717, 1.165) is 52.9 Å². The van der Waals surface area contributed by atoms with Crippen LogP contribution in [0.3, 0.4) is 0 Å². The number of hydrogen-bond donors (Lipinski definition) is 3. The van der Waals surface area contributed by atoms with E-state index >= 15 is 4.79 Å². The second kappa shape index (κ2) is 32.6. The highest BCUT2D eigenvalue weighted by Crippen LogP contribution is 2.36. The van der Waals surface area contributed by atoms with Crippen LogP contribution in [0.1, 0.15) is 162 Å². The Hall–Kier alpha value is -6.89. The van der Waals surface area contributed by atoms with Crippen LogP contribution in [-0.2, 0) is 65.3 Å². The summed E-state index contributed by atoms with van der Waals surface area (Å²) in [6, 6.07) is -5.53. The van der Waals surface area contributed by atoms with E-state index in [1.807, 2.05) is 20.8 Å². The second-order valence-electron chi connectivity index (χ2n) is 27.0. The van der Waals surface area contributed by atoms with E-state index in [-0.39, 0.29) is 75.3 Å². The zero-order valence-electron chi connectivity index (χ0n) is 56.0. The van der Waals surface area contributed by atoms with Crippen molar-refractivity contribution >= 4 is 65.0 Å². The molecule has 5 rings (SSSR count). The van der Waals surface area contributed by atoms with Crippen LogP contribution in [0.25, 0.3) is 0 Å². The van der Waals surface area contributed by atoms with Gasteiger partial charge in [0.25, 0.3) is 0 Å². The van der Waals surface area contributed by atoms with Gasteiger partial charge in [-0.05, 0) is 99.7 Å². The first-order chi connectivity index (χ1) is 42.5. The first kappa shape index (κ1) is 74.8. The minimum Gasteiger partial charge on any atom is -0.343 e. The van der Waals surface area contributed by atoms with Crippen LogP contribution >= 0.6 is 0 Å². The number of nitrogens with one attached hydrogen (secondary N) is 3. The molecule has 0 unspecified atom stereocenters. The van der Waals surface area contributed by atoms with Crippen LogP contribution in [0.5, 0.6) is 0 Å². The third-order valence-corrected chi connectivity index (χ3v) is 19.2. The quantitative estimate of drug-likeness (QED) is 0.263. The van der Waals surface area contributed by atoms with Crippen molar-refractivity contribution in [3.8, 4) is 0 Å². The van der Waals surface area contributed by atoms with Gasteiger partial charge in [-0.25, -0.2) is 4.39 Å². The number of likely N-dealkylation sites (N-methyl/N-ethyl adjacent to an activating group) is 7. The van der Waals surface area contributed by atoms with Gasteiger partial charge in [-0.1, -0.05) is 99.0 Å². The number of amides is 11. The van der Waals surface area contributed by atoms with Gasteiger partial charge in [0.15, 0.2) is 0 Å². The van der Waals surface area contributed by atoms with Gasteiger partial charge in [0.2, 0.25) is 65.0 Å². The normalized spacial score (nSPS) is 26.3. The smallest absolute Gasteiger partial charge is 0.343 e. The molecule has 4 fully saturated rings. The molecule has 26 heteroatoms. The lowest BCUT2D eigenvalue weighted by Crippen LogP contribution is -2.64. The third-order valence-electron chi connectivity index (χ3n) is 19.2. The zero-order chi connectivity index (χ0) is 68.1. The minimum absolute atomic E-state index is 0.0163. The highest BCUT2D eigenvalue weighted by atomic mass is 19.4. The number of carbonyl (C=O) groups is 11. The first-order valence-corrected chi connectivity index (χ1v) is 32.4. The van der Waals surface area contributed by atoms with E-state index in [0.29, 0.717) is 37.8 Å². The van der Waals surface area contributed by atoms with Crippen LogP contribution in [-0.4, -0.2) is 228 Å². The van der Waals surface area contributed by atoms with Gasteiger partial charge < -0.3 is 55.1 Å². The van der Waals surface area contributed by atoms with Crippen LogP contribution in [0.15, 0.2) is 18.2 Å². The number of carbonyl (C=O) groups excluding carboxylic acids is 11. The highest BCUT2D eigenvalue weighted by molar-refractivity contribution is 5.99. The summed E-state index contributed by atoms with van der Waals surface area (Å²) >= 11 is 0. The fourth-order valence-electron chi connectivity index (χ4n) is 13.2. The molecule has 8 atom stereocenters. The van der Waals surface area contributed by atoms with Crippen molar-refractivity contribution in [1.82, 2.24) is 55.1 Å². The molecule has 1 aromatic rings. The van der Waals surface area contributed by atoms with E-state index in [1.54, 1.807) is 27.7 Å². The monoisotopic (exact) mass is 1290 g/mol. The molecule has 2 saturated heterocycles. The standard InChI is InChI=1S/C65H101F4N11O11/c1-15-41(6)55-61(89)75(10)37-53(83)73(8)38-54(84)78(13)50(35-43-22-17-16-18-23-43)60(88)74(9)36-51(81)70-47(28-26-44-25-27-45(46(66)34-44)65(67,68)69)59(87)80-31-21-24-48(80)58(86)72-64(29-19-20-30-64)63(91)79(14)56(40(4)5)62(90)76(11)42(7)33-52(82)77(12)49(32-39(2)3)57(85)71-55/h25,27,34,39-43,47-50,55-56H,15-24,26,28-33,35-38H2,1-14H3,(H,70,81)(H,71,85)(H,72,86)/t41-,42+,47-,48-,49-,50-,55-,56-/m0/s1. The van der Waals surface area contributed by atoms with E-state index in [9.17, 15) is 65.5 Å². The predicted molar refractivity (Wildman–Crippen MR) is 332 cm³/mol. The van der Waals surface area contributed by atoms with Crippen molar-refractivity contribution in [3.05, 3.63) is 35.1 Å². The average Bonchev–Trinajstić information content (AvgIpc) is 1.76. The molecule has 91 heavy (non-hydrogen) atoms. The molecule has 2 aliphatic heterocycles. The Balaban J connectivity index is 1.56. The lowest BCUT2D eigenvalue weighted by molar-refractivity contribution is -0.152. The summed E-state index contributed by atoms with van der Waals surface area (Å²) in [6.07, 6.45) is 1.34. The molecular weight excluding hydrogens is 1190 g/mol. The second-order valence-corrected chi connectivity index (χ2v) is 27.0. The van der Waals surface area contributed by atoms with E-state index < -0.39 is 162 Å². The van der Waals surface area contributed by atoms with Crippen molar-refractivity contribution in [3.63, 3.8) is 0 Å². The molecule has 11 amide bonds. The fraction of sp³-hybridized carbons (Fsp3) is 0.738. The van der Waals surface area contributed by atoms with Gasteiger partial charge in [-0.2, -0.15) is 13.2 Å². The summed E-state index contributed by atoms with van der Waals surface area (Å²) < 4.78 is 55.8. The third kappa shape index (κ3) is 19.1. The van der Waals surface area contributed by atoms with E-state index in [1.165, 1.54) is 73.8 Å². The number of halogens is 4. The first-order valence-electron chi connectivity index (χ1n) is 32.4. The SMILES string of the molecule is CC[C@H](C)[C@@H]1NC(=O)[C@H](CC(C)C)N(C)C(=O)C[C@@H](C)N(C)C(=O)[C@H](C(C)C)N(C)C(=O)C2(CCCC2)NC(=O)[C@@H]2CCCN2C(=O)[C@H](CCc2ccc(C(F)(F)F)c(F)c2)NC(=O)CN(C)C(=O)[C@H](CC2CCCCC2)N(C)C(=O)CN(C)C(=O)CN(C)C1=O. The average molecular weight is 1290 g/mol. The van der Waals surface area contributed by atoms with Gasteiger partial charge >= 0.3 is 6.18 Å². The predicted octanol–water partition coefficient (Wildman–Crippen LogP) is 4.99. The Kier molecular flexibility index (Phi) is 26.8. The molecular formula is C65H101F4N11O11. The summed E-state index contributed by atoms with van der Waals surface area (Å²) in [5.41, 5.74) is -2.95. The molecule has 2 saturated carbocycles. The van der Waals surface area contributed by atoms with Crippen molar-refractivity contribution in [2.45, 2.75) is 212 Å². The largest absolute Gasteiger partial charge is 0.419 e. The molecule has 4 aliphatic rings.